The van der Waals surface area contributed by atoms with Crippen molar-refractivity contribution in [2.75, 3.05) is 13.7 Å². The van der Waals surface area contributed by atoms with Crippen molar-refractivity contribution in [2.45, 2.75) is 50.5 Å². The van der Waals surface area contributed by atoms with Crippen molar-refractivity contribution >= 4 is 19.7 Å². The quantitative estimate of drug-likeness (QED) is 0.709. The molecule has 1 aromatic carbocycles. The predicted octanol–water partition coefficient (Wildman–Crippen LogP) is 3.93. The van der Waals surface area contributed by atoms with Crippen LogP contribution in [0.25, 0.3) is 0 Å². The number of halogens is 1. The molecule has 0 spiro atoms. The van der Waals surface area contributed by atoms with Gasteiger partial charge in [0.15, 0.2) is 0 Å². The molecule has 0 aliphatic heterocycles. The molecule has 21 heavy (non-hydrogen) atoms. The first-order valence-electron chi connectivity index (χ1n) is 6.83. The fourth-order valence-corrected chi connectivity index (χ4v) is 2.56. The summed E-state index contributed by atoms with van der Waals surface area (Å²) in [6.45, 7) is 8.43. The van der Waals surface area contributed by atoms with Gasteiger partial charge in [0.1, 0.15) is 5.75 Å². The molecule has 0 aromatic heterocycles. The van der Waals surface area contributed by atoms with Gasteiger partial charge in [0.05, 0.1) is 17.1 Å². The fraction of sp³-hybridized carbons (Fsp3) is 0.600. The average Bonchev–Trinajstić information content (AvgIpc) is 2.37. The van der Waals surface area contributed by atoms with Crippen LogP contribution in [0.3, 0.4) is 0 Å². The summed E-state index contributed by atoms with van der Waals surface area (Å²) in [6, 6.07) is 4.69. The van der Waals surface area contributed by atoms with Crippen molar-refractivity contribution < 1.29 is 17.9 Å². The molecular weight excluding hydrogens is 312 g/mol. The Morgan fingerprint density at radius 3 is 2.38 bits per heavy atom. The van der Waals surface area contributed by atoms with E-state index in [1.54, 1.807) is 19.2 Å². The summed E-state index contributed by atoms with van der Waals surface area (Å²) in [5, 5.41) is 0. The van der Waals surface area contributed by atoms with Crippen molar-refractivity contribution in [3.05, 3.63) is 23.8 Å². The molecule has 0 N–H and O–H groups in total. The third-order valence-electron chi connectivity index (χ3n) is 3.40. The normalized spacial score (nSPS) is 12.7. The number of methoxy groups -OCH3 is 1. The minimum absolute atomic E-state index is 0.0949. The maximum atomic E-state index is 11.4. The highest BCUT2D eigenvalue weighted by Crippen LogP contribution is 2.30. The second-order valence-corrected chi connectivity index (χ2v) is 8.42. The van der Waals surface area contributed by atoms with E-state index in [1.807, 2.05) is 27.7 Å². The van der Waals surface area contributed by atoms with E-state index in [1.165, 1.54) is 6.07 Å². The molecule has 0 saturated carbocycles. The second-order valence-electron chi connectivity index (χ2n) is 5.85. The van der Waals surface area contributed by atoms with Gasteiger partial charge in [0.2, 0.25) is 0 Å². The Balaban J connectivity index is 2.93. The molecule has 120 valence electrons. The molecule has 0 atom stereocenters. The van der Waals surface area contributed by atoms with Crippen molar-refractivity contribution in [1.82, 2.24) is 0 Å². The summed E-state index contributed by atoms with van der Waals surface area (Å²) in [7, 11) is 3.33. The zero-order valence-corrected chi connectivity index (χ0v) is 14.7. The lowest BCUT2D eigenvalue weighted by molar-refractivity contribution is 0.00536. The zero-order valence-electron chi connectivity index (χ0n) is 13.1. The van der Waals surface area contributed by atoms with Crippen molar-refractivity contribution in [1.29, 1.82) is 0 Å². The van der Waals surface area contributed by atoms with Crippen LogP contribution in [0.15, 0.2) is 23.1 Å². The number of hydrogen-bond acceptors (Lipinski definition) is 4. The predicted molar refractivity (Wildman–Crippen MR) is 84.8 cm³/mol. The summed E-state index contributed by atoms with van der Waals surface area (Å²) < 4.78 is 33.9. The van der Waals surface area contributed by atoms with Gasteiger partial charge in [-0.1, -0.05) is 13.8 Å². The largest absolute Gasteiger partial charge is 0.493 e. The van der Waals surface area contributed by atoms with Gasteiger partial charge in [-0.3, -0.25) is 0 Å². The van der Waals surface area contributed by atoms with Gasteiger partial charge < -0.3 is 9.47 Å². The molecular formula is C15H23ClO4S. The van der Waals surface area contributed by atoms with Gasteiger partial charge >= 0.3 is 0 Å². The molecule has 6 heteroatoms. The second kappa shape index (κ2) is 6.99. The maximum absolute atomic E-state index is 11.4. The molecule has 0 aliphatic carbocycles. The maximum Gasteiger partial charge on any atom is 0.261 e. The molecule has 1 rings (SSSR count). The Labute approximate surface area is 131 Å². The first kappa shape index (κ1) is 18.3. The topological polar surface area (TPSA) is 52.6 Å². The van der Waals surface area contributed by atoms with E-state index in [0.717, 1.165) is 12.0 Å². The smallest absolute Gasteiger partial charge is 0.261 e. The highest BCUT2D eigenvalue weighted by molar-refractivity contribution is 8.13. The van der Waals surface area contributed by atoms with Crippen molar-refractivity contribution in [2.24, 2.45) is 0 Å². The highest BCUT2D eigenvalue weighted by Gasteiger charge is 2.18. The monoisotopic (exact) mass is 334 g/mol. The van der Waals surface area contributed by atoms with Gasteiger partial charge in [0.25, 0.3) is 9.05 Å². The lowest BCUT2D eigenvalue weighted by Gasteiger charge is -2.23. The molecule has 0 aliphatic rings. The van der Waals surface area contributed by atoms with Crippen LogP contribution in [0.1, 0.15) is 45.6 Å². The molecule has 0 bridgehead atoms. The summed E-state index contributed by atoms with van der Waals surface area (Å²) in [6.07, 6.45) is 0.733. The first-order valence-corrected chi connectivity index (χ1v) is 9.14. The van der Waals surface area contributed by atoms with E-state index in [9.17, 15) is 8.42 Å². The van der Waals surface area contributed by atoms with Gasteiger partial charge in [-0.05, 0) is 43.5 Å². The van der Waals surface area contributed by atoms with E-state index in [0.29, 0.717) is 12.4 Å². The third kappa shape index (κ3) is 5.49. The van der Waals surface area contributed by atoms with Crippen LogP contribution < -0.4 is 4.74 Å². The van der Waals surface area contributed by atoms with Gasteiger partial charge in [-0.15, -0.1) is 0 Å². The van der Waals surface area contributed by atoms with Crippen molar-refractivity contribution in [3.63, 3.8) is 0 Å². The van der Waals surface area contributed by atoms with E-state index in [4.69, 9.17) is 20.2 Å². The molecule has 0 radical (unpaired) electrons. The van der Waals surface area contributed by atoms with Crippen LogP contribution in [0.5, 0.6) is 5.75 Å². The van der Waals surface area contributed by atoms with E-state index in [-0.39, 0.29) is 16.4 Å². The Kier molecular flexibility index (Phi) is 6.08. The first-order chi connectivity index (χ1) is 9.57. The summed E-state index contributed by atoms with van der Waals surface area (Å²) >= 11 is 0. The van der Waals surface area contributed by atoms with Crippen LogP contribution in [0, 0.1) is 0 Å². The van der Waals surface area contributed by atoms with Crippen LogP contribution in [-0.4, -0.2) is 27.7 Å². The van der Waals surface area contributed by atoms with Gasteiger partial charge in [-0.25, -0.2) is 8.42 Å². The molecule has 0 amide bonds. The van der Waals surface area contributed by atoms with Crippen LogP contribution in [0.4, 0.5) is 0 Å². The minimum atomic E-state index is -3.73. The number of benzene rings is 1. The van der Waals surface area contributed by atoms with E-state index >= 15 is 0 Å². The van der Waals surface area contributed by atoms with Crippen molar-refractivity contribution in [3.8, 4) is 5.75 Å². The average molecular weight is 335 g/mol. The SMILES string of the molecule is COC(C)(C)CCOc1ccc(S(=O)(=O)Cl)cc1C(C)C. The molecule has 1 aromatic rings. The summed E-state index contributed by atoms with van der Waals surface area (Å²) in [5.41, 5.74) is 0.573. The van der Waals surface area contributed by atoms with E-state index in [2.05, 4.69) is 0 Å². The Morgan fingerprint density at radius 2 is 1.90 bits per heavy atom. The number of ether oxygens (including phenoxy) is 2. The Bertz CT molecular complexity index is 579. The molecule has 0 fully saturated rings. The highest BCUT2D eigenvalue weighted by atomic mass is 35.7. The minimum Gasteiger partial charge on any atom is -0.493 e. The standard InChI is InChI=1S/C15H23ClO4S/c1-11(2)13-10-12(21(16,17)18)6-7-14(13)20-9-8-15(3,4)19-5/h6-7,10-11H,8-9H2,1-5H3. The van der Waals surface area contributed by atoms with Gasteiger partial charge in [-0.2, -0.15) is 0 Å². The van der Waals surface area contributed by atoms with Gasteiger partial charge in [0, 0.05) is 24.2 Å². The molecule has 0 unspecified atom stereocenters. The molecule has 4 nitrogen and oxygen atoms in total. The summed E-state index contributed by atoms with van der Waals surface area (Å²) in [5.74, 6) is 0.815. The lowest BCUT2D eigenvalue weighted by Crippen LogP contribution is -2.25. The number of rotatable bonds is 7. The summed E-state index contributed by atoms with van der Waals surface area (Å²) in [4.78, 5) is 0.0949. The Morgan fingerprint density at radius 1 is 1.29 bits per heavy atom. The lowest BCUT2D eigenvalue weighted by atomic mass is 10.0. The third-order valence-corrected chi connectivity index (χ3v) is 4.75. The number of hydrogen-bond donors (Lipinski definition) is 0. The Hall–Kier alpha value is -0.780. The van der Waals surface area contributed by atoms with Crippen LogP contribution in [-0.2, 0) is 13.8 Å². The zero-order chi connectivity index (χ0) is 16.3. The molecule has 0 heterocycles. The van der Waals surface area contributed by atoms with E-state index < -0.39 is 9.05 Å². The van der Waals surface area contributed by atoms with Crippen LogP contribution >= 0.6 is 10.7 Å². The molecule has 0 saturated heterocycles. The fourth-order valence-electron chi connectivity index (χ4n) is 1.77. The van der Waals surface area contributed by atoms with Crippen LogP contribution in [0.2, 0.25) is 0 Å².